The van der Waals surface area contributed by atoms with Gasteiger partial charge < -0.3 is 15.0 Å². The Morgan fingerprint density at radius 3 is 2.73 bits per heavy atom. The summed E-state index contributed by atoms with van der Waals surface area (Å²) in [6, 6.07) is 7.93. The number of aromatic nitrogens is 1. The van der Waals surface area contributed by atoms with Crippen LogP contribution in [0.1, 0.15) is 21.6 Å². The number of benzene rings is 1. The number of halogens is 1. The Balaban J connectivity index is 2.65. The minimum Gasteiger partial charge on any atom is -0.464 e. The van der Waals surface area contributed by atoms with Crippen LogP contribution in [-0.2, 0) is 11.2 Å². The monoisotopic (exact) mass is 298 g/mol. The largest absolute Gasteiger partial charge is 0.464 e. The van der Waals surface area contributed by atoms with E-state index in [0.29, 0.717) is 5.56 Å². The molecule has 0 saturated heterocycles. The van der Waals surface area contributed by atoms with Gasteiger partial charge in [0.15, 0.2) is 5.69 Å². The van der Waals surface area contributed by atoms with Crippen LogP contribution in [0.15, 0.2) is 24.4 Å². The molecule has 0 fully saturated rings. The Morgan fingerprint density at radius 2 is 2.18 bits per heavy atom. The third kappa shape index (κ3) is 2.48. The molecule has 0 saturated carbocycles. The molecule has 110 valence electrons. The fourth-order valence-electron chi connectivity index (χ4n) is 2.05. The van der Waals surface area contributed by atoms with Crippen LogP contribution < -0.4 is 5.73 Å². The van der Waals surface area contributed by atoms with E-state index < -0.39 is 11.8 Å². The smallest absolute Gasteiger partial charge is 0.357 e. The minimum atomic E-state index is -0.778. The van der Waals surface area contributed by atoms with Gasteiger partial charge in [0, 0.05) is 6.20 Å². The summed E-state index contributed by atoms with van der Waals surface area (Å²) < 4.78 is 20.0. The molecule has 0 aliphatic rings. The molecule has 1 aromatic heterocycles. The number of nitrogens with zero attached hydrogens (tertiary/aromatic N) is 3. The van der Waals surface area contributed by atoms with Crippen molar-refractivity contribution in [3.8, 4) is 17.8 Å². The highest BCUT2D eigenvalue weighted by Crippen LogP contribution is 2.26. The summed E-state index contributed by atoms with van der Waals surface area (Å²) in [5.74, 6) is -1.42. The molecule has 22 heavy (non-hydrogen) atoms. The van der Waals surface area contributed by atoms with Gasteiger partial charge in [-0.3, -0.25) is 0 Å². The Bertz CT molecular complexity index is 827. The zero-order valence-corrected chi connectivity index (χ0v) is 11.6. The van der Waals surface area contributed by atoms with Gasteiger partial charge in [-0.05, 0) is 17.7 Å². The molecule has 0 unspecified atom stereocenters. The quantitative estimate of drug-likeness (QED) is 0.871. The van der Waals surface area contributed by atoms with E-state index in [1.54, 1.807) is 6.07 Å². The number of hydrogen-bond acceptors (Lipinski definition) is 5. The first-order valence-corrected chi connectivity index (χ1v) is 6.18. The molecule has 1 aromatic carbocycles. The Morgan fingerprint density at radius 1 is 1.45 bits per heavy atom. The van der Waals surface area contributed by atoms with Gasteiger partial charge in [0.05, 0.1) is 36.5 Å². The standard InChI is InChI=1S/C15H11FN4O2/c1-22-15(21)14-13(19)10(7-18)8-20(14)12-3-2-9(4-5-17)6-11(12)16/h2-3,6,8H,4,19H2,1H3. The topological polar surface area (TPSA) is 105 Å². The first-order chi connectivity index (χ1) is 10.5. The summed E-state index contributed by atoms with van der Waals surface area (Å²) in [5, 5.41) is 17.6. The van der Waals surface area contributed by atoms with Crippen LogP contribution in [-0.4, -0.2) is 17.6 Å². The highest BCUT2D eigenvalue weighted by molar-refractivity contribution is 5.95. The van der Waals surface area contributed by atoms with Crippen molar-refractivity contribution in [1.29, 1.82) is 10.5 Å². The van der Waals surface area contributed by atoms with Crippen molar-refractivity contribution < 1.29 is 13.9 Å². The van der Waals surface area contributed by atoms with Crippen molar-refractivity contribution in [2.24, 2.45) is 0 Å². The van der Waals surface area contributed by atoms with Crippen molar-refractivity contribution in [3.63, 3.8) is 0 Å². The zero-order valence-electron chi connectivity index (χ0n) is 11.6. The van der Waals surface area contributed by atoms with Gasteiger partial charge in [0.1, 0.15) is 11.9 Å². The Kier molecular flexibility index (Phi) is 4.10. The van der Waals surface area contributed by atoms with E-state index in [1.165, 1.54) is 22.9 Å². The summed E-state index contributed by atoms with van der Waals surface area (Å²) in [7, 11) is 1.16. The minimum absolute atomic E-state index is 0.0373. The summed E-state index contributed by atoms with van der Waals surface area (Å²) in [6.45, 7) is 0. The van der Waals surface area contributed by atoms with E-state index in [4.69, 9.17) is 16.3 Å². The zero-order chi connectivity index (χ0) is 16.3. The summed E-state index contributed by atoms with van der Waals surface area (Å²) in [4.78, 5) is 11.8. The number of nitriles is 2. The van der Waals surface area contributed by atoms with Crippen molar-refractivity contribution in [2.75, 3.05) is 12.8 Å². The van der Waals surface area contributed by atoms with Crippen LogP contribution in [0.3, 0.4) is 0 Å². The van der Waals surface area contributed by atoms with Crippen LogP contribution in [0.4, 0.5) is 10.1 Å². The molecular formula is C15H11FN4O2. The first-order valence-electron chi connectivity index (χ1n) is 6.18. The fraction of sp³-hybridized carbons (Fsp3) is 0.133. The highest BCUT2D eigenvalue weighted by atomic mass is 19.1. The van der Waals surface area contributed by atoms with E-state index in [9.17, 15) is 9.18 Å². The predicted octanol–water partition coefficient (Wildman–Crippen LogP) is 1.92. The lowest BCUT2D eigenvalue weighted by Crippen LogP contribution is -2.12. The molecule has 0 bridgehead atoms. The van der Waals surface area contributed by atoms with E-state index >= 15 is 0 Å². The number of carbonyl (C=O) groups is 1. The van der Waals surface area contributed by atoms with Crippen molar-refractivity contribution in [2.45, 2.75) is 6.42 Å². The van der Waals surface area contributed by atoms with Gasteiger partial charge in [0.2, 0.25) is 0 Å². The first kappa shape index (κ1) is 15.1. The number of nitrogen functional groups attached to an aromatic ring is 1. The average molecular weight is 298 g/mol. The van der Waals surface area contributed by atoms with E-state index in [-0.39, 0.29) is 29.1 Å². The maximum absolute atomic E-state index is 14.2. The maximum Gasteiger partial charge on any atom is 0.357 e. The Hall–Kier alpha value is -3.32. The number of nitrogens with two attached hydrogens (primary N) is 1. The molecule has 0 atom stereocenters. The van der Waals surface area contributed by atoms with Crippen molar-refractivity contribution >= 4 is 11.7 Å². The van der Waals surface area contributed by atoms with E-state index in [1.807, 2.05) is 12.1 Å². The molecule has 2 aromatic rings. The molecular weight excluding hydrogens is 287 g/mol. The Labute approximate surface area is 125 Å². The number of rotatable bonds is 3. The van der Waals surface area contributed by atoms with Gasteiger partial charge in [-0.2, -0.15) is 10.5 Å². The molecule has 0 spiro atoms. The number of anilines is 1. The van der Waals surface area contributed by atoms with Crippen molar-refractivity contribution in [1.82, 2.24) is 4.57 Å². The SMILES string of the molecule is COC(=O)c1c(N)c(C#N)cn1-c1ccc(CC#N)cc1F. The third-order valence-electron chi connectivity index (χ3n) is 3.10. The van der Waals surface area contributed by atoms with Gasteiger partial charge in [-0.1, -0.05) is 6.07 Å². The summed E-state index contributed by atoms with van der Waals surface area (Å²) in [5.41, 5.74) is 6.14. The van der Waals surface area contributed by atoms with Gasteiger partial charge >= 0.3 is 5.97 Å². The van der Waals surface area contributed by atoms with Gasteiger partial charge in [0.25, 0.3) is 0 Å². The molecule has 0 amide bonds. The molecule has 0 radical (unpaired) electrons. The number of methoxy groups -OCH3 is 1. The molecule has 2 rings (SSSR count). The number of hydrogen-bond donors (Lipinski definition) is 1. The lowest BCUT2D eigenvalue weighted by Gasteiger charge is -2.10. The van der Waals surface area contributed by atoms with Crippen LogP contribution in [0.2, 0.25) is 0 Å². The molecule has 1 heterocycles. The van der Waals surface area contributed by atoms with Gasteiger partial charge in [-0.15, -0.1) is 0 Å². The van der Waals surface area contributed by atoms with Crippen molar-refractivity contribution in [3.05, 3.63) is 47.0 Å². The fourth-order valence-corrected chi connectivity index (χ4v) is 2.05. The second kappa shape index (κ2) is 5.98. The third-order valence-corrected chi connectivity index (χ3v) is 3.10. The van der Waals surface area contributed by atoms with E-state index in [0.717, 1.165) is 7.11 Å². The second-order valence-electron chi connectivity index (χ2n) is 4.40. The molecule has 0 aliphatic heterocycles. The molecule has 0 aliphatic carbocycles. The lowest BCUT2D eigenvalue weighted by molar-refractivity contribution is 0.0593. The molecule has 7 heteroatoms. The predicted molar refractivity (Wildman–Crippen MR) is 75.5 cm³/mol. The average Bonchev–Trinajstić information content (AvgIpc) is 2.83. The second-order valence-corrected chi connectivity index (χ2v) is 4.40. The van der Waals surface area contributed by atoms with Gasteiger partial charge in [-0.25, -0.2) is 9.18 Å². The summed E-state index contributed by atoms with van der Waals surface area (Å²) in [6.07, 6.45) is 1.34. The maximum atomic E-state index is 14.2. The summed E-state index contributed by atoms with van der Waals surface area (Å²) >= 11 is 0. The van der Waals surface area contributed by atoms with Crippen LogP contribution in [0.25, 0.3) is 5.69 Å². The molecule has 2 N–H and O–H groups in total. The van der Waals surface area contributed by atoms with Crippen LogP contribution in [0.5, 0.6) is 0 Å². The normalized spacial score (nSPS) is 9.82. The lowest BCUT2D eigenvalue weighted by atomic mass is 10.1. The van der Waals surface area contributed by atoms with Crippen LogP contribution in [0, 0.1) is 28.5 Å². The highest BCUT2D eigenvalue weighted by Gasteiger charge is 2.23. The molecule has 6 nitrogen and oxygen atoms in total. The number of ether oxygens (including phenoxy) is 1. The van der Waals surface area contributed by atoms with Crippen LogP contribution >= 0.6 is 0 Å². The van der Waals surface area contributed by atoms with E-state index in [2.05, 4.69) is 4.74 Å². The number of esters is 1. The number of carbonyl (C=O) groups excluding carboxylic acids is 1.